The van der Waals surface area contributed by atoms with E-state index in [1.54, 1.807) is 11.3 Å². The molecule has 110 valence electrons. The van der Waals surface area contributed by atoms with Crippen molar-refractivity contribution in [3.05, 3.63) is 57.3 Å². The molecule has 1 nitrogen and oxygen atoms in total. The van der Waals surface area contributed by atoms with Gasteiger partial charge in [0.1, 0.15) is 0 Å². The molecule has 0 fully saturated rings. The molecule has 0 saturated heterocycles. The largest absolute Gasteiger partial charge is 0.293 e. The molecule has 1 heterocycles. The summed E-state index contributed by atoms with van der Waals surface area (Å²) in [5.74, 6) is 0.497. The average molecular weight is 298 g/mol. The van der Waals surface area contributed by atoms with E-state index in [0.29, 0.717) is 5.78 Å². The molecule has 1 unspecified atom stereocenters. The summed E-state index contributed by atoms with van der Waals surface area (Å²) in [5, 5.41) is 0. The van der Waals surface area contributed by atoms with E-state index >= 15 is 0 Å². The van der Waals surface area contributed by atoms with Gasteiger partial charge in [0.25, 0.3) is 0 Å². The minimum atomic E-state index is 0.127. The van der Waals surface area contributed by atoms with Gasteiger partial charge in [-0.05, 0) is 47.9 Å². The van der Waals surface area contributed by atoms with Gasteiger partial charge in [-0.15, -0.1) is 11.3 Å². The number of aryl methyl sites for hydroxylation is 1. The first-order chi connectivity index (χ1) is 9.95. The number of benzene rings is 1. The lowest BCUT2D eigenvalue weighted by Crippen LogP contribution is -2.22. The van der Waals surface area contributed by atoms with Gasteiger partial charge in [0.05, 0.1) is 4.88 Å². The van der Waals surface area contributed by atoms with Gasteiger partial charge in [-0.3, -0.25) is 4.79 Å². The van der Waals surface area contributed by atoms with E-state index in [9.17, 15) is 4.79 Å². The first kappa shape index (κ1) is 14.5. The fourth-order valence-electron chi connectivity index (χ4n) is 3.00. The second kappa shape index (κ2) is 5.42. The SMILES string of the molecule is CC(C)(C)c1ccc(C(=O)C2CCc3ccccc3C2)s1. The molecule has 1 aromatic heterocycles. The van der Waals surface area contributed by atoms with Crippen LogP contribution in [-0.4, -0.2) is 5.78 Å². The normalized spacial score (nSPS) is 18.3. The van der Waals surface area contributed by atoms with E-state index in [0.717, 1.165) is 24.1 Å². The predicted molar refractivity (Wildman–Crippen MR) is 89.3 cm³/mol. The lowest BCUT2D eigenvalue weighted by molar-refractivity contribution is 0.0913. The molecule has 0 radical (unpaired) electrons. The second-order valence-corrected chi connectivity index (χ2v) is 8.07. The van der Waals surface area contributed by atoms with Crippen LogP contribution >= 0.6 is 11.3 Å². The quantitative estimate of drug-likeness (QED) is 0.710. The molecule has 1 atom stereocenters. The number of fused-ring (bicyclic) bond motifs is 1. The molecule has 1 aliphatic rings. The number of thiophene rings is 1. The lowest BCUT2D eigenvalue weighted by Gasteiger charge is -2.23. The Morgan fingerprint density at radius 2 is 1.81 bits per heavy atom. The zero-order chi connectivity index (χ0) is 15.0. The van der Waals surface area contributed by atoms with Crippen LogP contribution in [0.15, 0.2) is 36.4 Å². The van der Waals surface area contributed by atoms with Gasteiger partial charge in [0.2, 0.25) is 0 Å². The molecule has 2 heteroatoms. The van der Waals surface area contributed by atoms with Gasteiger partial charge in [-0.1, -0.05) is 45.0 Å². The van der Waals surface area contributed by atoms with Crippen LogP contribution in [0.25, 0.3) is 0 Å². The smallest absolute Gasteiger partial charge is 0.176 e. The lowest BCUT2D eigenvalue weighted by atomic mass is 9.81. The highest BCUT2D eigenvalue weighted by Crippen LogP contribution is 2.33. The molecule has 0 N–H and O–H groups in total. The zero-order valence-electron chi connectivity index (χ0n) is 13.0. The molecular formula is C19H22OS. The van der Waals surface area contributed by atoms with Crippen molar-refractivity contribution in [3.8, 4) is 0 Å². The van der Waals surface area contributed by atoms with Gasteiger partial charge < -0.3 is 0 Å². The number of Topliss-reactive ketones (excluding diaryl/α,β-unsaturated/α-hetero) is 1. The van der Waals surface area contributed by atoms with Gasteiger partial charge in [0, 0.05) is 10.8 Å². The third-order valence-corrected chi connectivity index (χ3v) is 5.83. The number of hydrogen-bond donors (Lipinski definition) is 0. The highest BCUT2D eigenvalue weighted by molar-refractivity contribution is 7.14. The van der Waals surface area contributed by atoms with Crippen molar-refractivity contribution in [1.29, 1.82) is 0 Å². The van der Waals surface area contributed by atoms with Crippen molar-refractivity contribution < 1.29 is 4.79 Å². The molecule has 0 amide bonds. The summed E-state index contributed by atoms with van der Waals surface area (Å²) in [7, 11) is 0. The summed E-state index contributed by atoms with van der Waals surface area (Å²) >= 11 is 1.67. The van der Waals surface area contributed by atoms with Gasteiger partial charge >= 0.3 is 0 Å². The van der Waals surface area contributed by atoms with Crippen molar-refractivity contribution in [2.24, 2.45) is 5.92 Å². The van der Waals surface area contributed by atoms with Crippen molar-refractivity contribution in [2.45, 2.75) is 45.4 Å². The van der Waals surface area contributed by atoms with E-state index in [2.05, 4.69) is 51.1 Å². The van der Waals surface area contributed by atoms with Crippen LogP contribution in [0, 0.1) is 5.92 Å². The number of carbonyl (C=O) groups is 1. The Kier molecular flexibility index (Phi) is 3.75. The highest BCUT2D eigenvalue weighted by Gasteiger charge is 2.27. The Hall–Kier alpha value is -1.41. The maximum Gasteiger partial charge on any atom is 0.176 e. The van der Waals surface area contributed by atoms with Crippen LogP contribution in [0.1, 0.15) is 52.9 Å². The van der Waals surface area contributed by atoms with E-state index in [-0.39, 0.29) is 11.3 Å². The minimum absolute atomic E-state index is 0.127. The van der Waals surface area contributed by atoms with Crippen molar-refractivity contribution >= 4 is 17.1 Å². The molecule has 2 aromatic rings. The summed E-state index contributed by atoms with van der Waals surface area (Å²) in [5.41, 5.74) is 2.90. The van der Waals surface area contributed by atoms with Crippen molar-refractivity contribution in [1.82, 2.24) is 0 Å². The van der Waals surface area contributed by atoms with Crippen molar-refractivity contribution in [3.63, 3.8) is 0 Å². The Morgan fingerprint density at radius 1 is 1.10 bits per heavy atom. The Balaban J connectivity index is 1.79. The standard InChI is InChI=1S/C19H22OS/c1-19(2,3)17-11-10-16(21-17)18(20)15-9-8-13-6-4-5-7-14(13)12-15/h4-7,10-11,15H,8-9,12H2,1-3H3. The number of hydrogen-bond acceptors (Lipinski definition) is 2. The molecule has 0 aliphatic heterocycles. The molecule has 0 spiro atoms. The molecule has 1 aromatic carbocycles. The Morgan fingerprint density at radius 3 is 2.48 bits per heavy atom. The molecule has 21 heavy (non-hydrogen) atoms. The Labute approximate surface area is 131 Å². The molecule has 3 rings (SSSR count). The van der Waals surface area contributed by atoms with Gasteiger partial charge in [0.15, 0.2) is 5.78 Å². The summed E-state index contributed by atoms with van der Waals surface area (Å²) in [6.45, 7) is 6.60. The topological polar surface area (TPSA) is 17.1 Å². The number of carbonyl (C=O) groups excluding carboxylic acids is 1. The molecule has 0 saturated carbocycles. The van der Waals surface area contributed by atoms with E-state index in [1.807, 2.05) is 6.07 Å². The molecule has 1 aliphatic carbocycles. The van der Waals surface area contributed by atoms with Crippen molar-refractivity contribution in [2.75, 3.05) is 0 Å². The van der Waals surface area contributed by atoms with E-state index < -0.39 is 0 Å². The van der Waals surface area contributed by atoms with E-state index in [1.165, 1.54) is 16.0 Å². The maximum atomic E-state index is 12.8. The Bertz CT molecular complexity index is 660. The summed E-state index contributed by atoms with van der Waals surface area (Å²) in [6, 6.07) is 12.7. The van der Waals surface area contributed by atoms with Gasteiger partial charge in [-0.2, -0.15) is 0 Å². The monoisotopic (exact) mass is 298 g/mol. The number of ketones is 1. The van der Waals surface area contributed by atoms with Crippen LogP contribution in [-0.2, 0) is 18.3 Å². The highest BCUT2D eigenvalue weighted by atomic mass is 32.1. The van der Waals surface area contributed by atoms with Crippen LogP contribution < -0.4 is 0 Å². The van der Waals surface area contributed by atoms with Crippen LogP contribution in [0.5, 0.6) is 0 Å². The molecule has 0 bridgehead atoms. The van der Waals surface area contributed by atoms with Crippen LogP contribution in [0.2, 0.25) is 0 Å². The zero-order valence-corrected chi connectivity index (χ0v) is 13.8. The van der Waals surface area contributed by atoms with Gasteiger partial charge in [-0.25, -0.2) is 0 Å². The third-order valence-electron chi connectivity index (χ3n) is 4.31. The summed E-state index contributed by atoms with van der Waals surface area (Å²) in [4.78, 5) is 15.0. The third kappa shape index (κ3) is 2.96. The average Bonchev–Trinajstić information content (AvgIpc) is 2.96. The van der Waals surface area contributed by atoms with Crippen LogP contribution in [0.4, 0.5) is 0 Å². The number of rotatable bonds is 2. The first-order valence-corrected chi connectivity index (χ1v) is 8.48. The minimum Gasteiger partial charge on any atom is -0.293 e. The van der Waals surface area contributed by atoms with Crippen LogP contribution in [0.3, 0.4) is 0 Å². The second-order valence-electron chi connectivity index (χ2n) is 6.99. The fraction of sp³-hybridized carbons (Fsp3) is 0.421. The van der Waals surface area contributed by atoms with E-state index in [4.69, 9.17) is 0 Å². The predicted octanol–water partition coefficient (Wildman–Crippen LogP) is 5.03. The summed E-state index contributed by atoms with van der Waals surface area (Å²) < 4.78 is 0. The fourth-order valence-corrected chi connectivity index (χ4v) is 4.08. The maximum absolute atomic E-state index is 12.8. The first-order valence-electron chi connectivity index (χ1n) is 7.66. The molecular weight excluding hydrogens is 276 g/mol. The summed E-state index contributed by atoms with van der Waals surface area (Å²) in [6.07, 6.45) is 2.92.